The summed E-state index contributed by atoms with van der Waals surface area (Å²) in [5, 5.41) is 9.26. The number of nitrogen functional groups attached to an aromatic ring is 1. The maximum Gasteiger partial charge on any atom is 0.258 e. The highest BCUT2D eigenvalue weighted by Gasteiger charge is 2.27. The van der Waals surface area contributed by atoms with E-state index in [4.69, 9.17) is 5.73 Å². The number of anilines is 2. The highest BCUT2D eigenvalue weighted by atomic mass is 16.3. The molecular formula is C15H14N2O2. The Morgan fingerprint density at radius 1 is 1.16 bits per heavy atom. The summed E-state index contributed by atoms with van der Waals surface area (Å²) < 4.78 is 0. The molecule has 0 unspecified atom stereocenters. The van der Waals surface area contributed by atoms with E-state index in [1.165, 1.54) is 12.1 Å². The number of nitrogens with two attached hydrogens (primary N) is 1. The van der Waals surface area contributed by atoms with E-state index in [-0.39, 0.29) is 11.7 Å². The maximum atomic E-state index is 12.5. The first-order valence-corrected chi connectivity index (χ1v) is 6.15. The minimum absolute atomic E-state index is 0.0864. The molecule has 1 aliphatic heterocycles. The number of nitrogens with zero attached hydrogens (tertiary/aromatic N) is 1. The SMILES string of the molecule is Nc1cccc2c1N(C(=O)c1ccc(O)cc1)CC2. The average Bonchev–Trinajstić information content (AvgIpc) is 2.84. The van der Waals surface area contributed by atoms with Gasteiger partial charge in [-0.15, -0.1) is 0 Å². The zero-order chi connectivity index (χ0) is 13.4. The van der Waals surface area contributed by atoms with Gasteiger partial charge in [0.05, 0.1) is 11.4 Å². The summed E-state index contributed by atoms with van der Waals surface area (Å²) in [4.78, 5) is 14.2. The van der Waals surface area contributed by atoms with Gasteiger partial charge in [0.25, 0.3) is 5.91 Å². The molecule has 4 heteroatoms. The van der Waals surface area contributed by atoms with E-state index in [0.29, 0.717) is 17.8 Å². The quantitative estimate of drug-likeness (QED) is 0.766. The molecule has 1 amide bonds. The molecule has 3 N–H and O–H groups in total. The number of benzene rings is 2. The highest BCUT2D eigenvalue weighted by Crippen LogP contribution is 2.34. The smallest absolute Gasteiger partial charge is 0.258 e. The zero-order valence-corrected chi connectivity index (χ0v) is 10.3. The lowest BCUT2D eigenvalue weighted by Gasteiger charge is -2.19. The van der Waals surface area contributed by atoms with Crippen LogP contribution in [0.2, 0.25) is 0 Å². The topological polar surface area (TPSA) is 66.6 Å². The van der Waals surface area contributed by atoms with Crippen molar-refractivity contribution in [3.05, 3.63) is 53.6 Å². The van der Waals surface area contributed by atoms with Gasteiger partial charge in [0.15, 0.2) is 0 Å². The van der Waals surface area contributed by atoms with Gasteiger partial charge in [0.2, 0.25) is 0 Å². The van der Waals surface area contributed by atoms with Crippen LogP contribution in [0.15, 0.2) is 42.5 Å². The minimum atomic E-state index is -0.0864. The molecular weight excluding hydrogens is 240 g/mol. The molecule has 3 rings (SSSR count). The molecule has 0 aliphatic carbocycles. The Kier molecular flexibility index (Phi) is 2.63. The first-order chi connectivity index (χ1) is 9.16. The van der Waals surface area contributed by atoms with E-state index in [2.05, 4.69) is 0 Å². The predicted molar refractivity (Wildman–Crippen MR) is 74.3 cm³/mol. The summed E-state index contributed by atoms with van der Waals surface area (Å²) in [5.74, 6) is 0.0644. The van der Waals surface area contributed by atoms with Gasteiger partial charge in [0.1, 0.15) is 5.75 Å². The van der Waals surface area contributed by atoms with E-state index in [1.54, 1.807) is 23.1 Å². The second kappa shape index (κ2) is 4.31. The molecule has 2 aromatic rings. The summed E-state index contributed by atoms with van der Waals surface area (Å²) in [6.07, 6.45) is 0.824. The van der Waals surface area contributed by atoms with Crippen molar-refractivity contribution in [1.82, 2.24) is 0 Å². The minimum Gasteiger partial charge on any atom is -0.508 e. The zero-order valence-electron chi connectivity index (χ0n) is 10.3. The maximum absolute atomic E-state index is 12.5. The van der Waals surface area contributed by atoms with Crippen LogP contribution in [0.1, 0.15) is 15.9 Å². The fourth-order valence-electron chi connectivity index (χ4n) is 2.45. The second-order valence-corrected chi connectivity index (χ2v) is 4.61. The van der Waals surface area contributed by atoms with Crippen molar-refractivity contribution in [3.63, 3.8) is 0 Å². The molecule has 2 aromatic carbocycles. The van der Waals surface area contributed by atoms with Crippen molar-refractivity contribution in [3.8, 4) is 5.75 Å². The number of aromatic hydroxyl groups is 1. The van der Waals surface area contributed by atoms with Crippen molar-refractivity contribution in [2.24, 2.45) is 0 Å². The first kappa shape index (κ1) is 11.6. The molecule has 0 aromatic heterocycles. The number of hydrogen-bond acceptors (Lipinski definition) is 3. The summed E-state index contributed by atoms with van der Waals surface area (Å²) >= 11 is 0. The summed E-state index contributed by atoms with van der Waals surface area (Å²) in [6.45, 7) is 0.642. The van der Waals surface area contributed by atoms with Crippen LogP contribution in [-0.4, -0.2) is 17.6 Å². The van der Waals surface area contributed by atoms with Crippen molar-refractivity contribution in [2.45, 2.75) is 6.42 Å². The van der Waals surface area contributed by atoms with Crippen LogP contribution >= 0.6 is 0 Å². The van der Waals surface area contributed by atoms with Crippen LogP contribution < -0.4 is 10.6 Å². The number of hydrogen-bond donors (Lipinski definition) is 2. The van der Waals surface area contributed by atoms with Crippen LogP contribution in [0.3, 0.4) is 0 Å². The number of rotatable bonds is 1. The molecule has 4 nitrogen and oxygen atoms in total. The predicted octanol–water partition coefficient (Wildman–Crippen LogP) is 2.18. The summed E-state index contributed by atoms with van der Waals surface area (Å²) in [7, 11) is 0. The Labute approximate surface area is 111 Å². The number of para-hydroxylation sites is 1. The normalized spacial score (nSPS) is 13.4. The first-order valence-electron chi connectivity index (χ1n) is 6.15. The van der Waals surface area contributed by atoms with Crippen molar-refractivity contribution < 1.29 is 9.90 Å². The molecule has 0 saturated carbocycles. The Morgan fingerprint density at radius 2 is 1.89 bits per heavy atom. The number of amides is 1. The lowest BCUT2D eigenvalue weighted by Crippen LogP contribution is -2.29. The van der Waals surface area contributed by atoms with Crippen LogP contribution in [0, 0.1) is 0 Å². The number of phenols is 1. The Balaban J connectivity index is 1.98. The van der Waals surface area contributed by atoms with Gasteiger partial charge >= 0.3 is 0 Å². The molecule has 0 atom stereocenters. The van der Waals surface area contributed by atoms with Crippen LogP contribution in [0.5, 0.6) is 5.75 Å². The molecule has 1 heterocycles. The Morgan fingerprint density at radius 3 is 2.63 bits per heavy atom. The van der Waals surface area contributed by atoms with E-state index in [9.17, 15) is 9.90 Å². The van der Waals surface area contributed by atoms with Gasteiger partial charge in [-0.3, -0.25) is 4.79 Å². The highest BCUT2D eigenvalue weighted by molar-refractivity contribution is 6.09. The molecule has 19 heavy (non-hydrogen) atoms. The number of carbonyl (C=O) groups is 1. The third kappa shape index (κ3) is 1.91. The van der Waals surface area contributed by atoms with E-state index in [1.807, 2.05) is 12.1 Å². The van der Waals surface area contributed by atoms with E-state index in [0.717, 1.165) is 17.7 Å². The van der Waals surface area contributed by atoms with Crippen LogP contribution in [0.4, 0.5) is 11.4 Å². The lowest BCUT2D eigenvalue weighted by molar-refractivity contribution is 0.0989. The molecule has 96 valence electrons. The van der Waals surface area contributed by atoms with E-state index >= 15 is 0 Å². The molecule has 0 saturated heterocycles. The summed E-state index contributed by atoms with van der Waals surface area (Å²) in [6, 6.07) is 12.0. The fraction of sp³-hybridized carbons (Fsp3) is 0.133. The van der Waals surface area contributed by atoms with Crippen LogP contribution in [0.25, 0.3) is 0 Å². The van der Waals surface area contributed by atoms with Gasteiger partial charge in [-0.2, -0.15) is 0 Å². The molecule has 0 bridgehead atoms. The van der Waals surface area contributed by atoms with Gasteiger partial charge in [-0.1, -0.05) is 12.1 Å². The van der Waals surface area contributed by atoms with Crippen molar-refractivity contribution in [2.75, 3.05) is 17.2 Å². The number of phenolic OH excluding ortho intramolecular Hbond substituents is 1. The van der Waals surface area contributed by atoms with E-state index < -0.39 is 0 Å². The largest absolute Gasteiger partial charge is 0.508 e. The third-order valence-electron chi connectivity index (χ3n) is 3.38. The monoisotopic (exact) mass is 254 g/mol. The number of fused-ring (bicyclic) bond motifs is 1. The van der Waals surface area contributed by atoms with Crippen LogP contribution in [-0.2, 0) is 6.42 Å². The fourth-order valence-corrected chi connectivity index (χ4v) is 2.45. The molecule has 0 radical (unpaired) electrons. The van der Waals surface area contributed by atoms with Crippen molar-refractivity contribution >= 4 is 17.3 Å². The Hall–Kier alpha value is -2.49. The van der Waals surface area contributed by atoms with Gasteiger partial charge in [-0.05, 0) is 42.3 Å². The van der Waals surface area contributed by atoms with Gasteiger partial charge in [-0.25, -0.2) is 0 Å². The molecule has 0 spiro atoms. The third-order valence-corrected chi connectivity index (χ3v) is 3.38. The Bertz CT molecular complexity index is 635. The number of carbonyl (C=O) groups excluding carboxylic acids is 1. The van der Waals surface area contributed by atoms with Gasteiger partial charge in [0, 0.05) is 12.1 Å². The average molecular weight is 254 g/mol. The standard InChI is InChI=1S/C15H14N2O2/c16-13-3-1-2-10-8-9-17(14(10)13)15(19)11-4-6-12(18)7-5-11/h1-7,18H,8-9,16H2. The molecule has 0 fully saturated rings. The molecule has 1 aliphatic rings. The van der Waals surface area contributed by atoms with Gasteiger partial charge < -0.3 is 15.7 Å². The lowest BCUT2D eigenvalue weighted by atomic mass is 10.1. The van der Waals surface area contributed by atoms with Crippen molar-refractivity contribution in [1.29, 1.82) is 0 Å². The second-order valence-electron chi connectivity index (χ2n) is 4.61. The summed E-state index contributed by atoms with van der Waals surface area (Å²) in [5.41, 5.74) is 9.07.